The van der Waals surface area contributed by atoms with Crippen molar-refractivity contribution in [2.75, 3.05) is 0 Å². The number of fused-ring (bicyclic) bond motifs is 2. The van der Waals surface area contributed by atoms with Gasteiger partial charge in [0.1, 0.15) is 0 Å². The predicted molar refractivity (Wildman–Crippen MR) is 93.9 cm³/mol. The van der Waals surface area contributed by atoms with E-state index < -0.39 is 0 Å². The maximum absolute atomic E-state index is 12.7. The van der Waals surface area contributed by atoms with Gasteiger partial charge in [0, 0.05) is 25.0 Å². The van der Waals surface area contributed by atoms with E-state index >= 15 is 0 Å². The number of amides is 1. The Balaban J connectivity index is 1.51. The fourth-order valence-electron chi connectivity index (χ4n) is 4.43. The van der Waals surface area contributed by atoms with Gasteiger partial charge in [-0.15, -0.1) is 0 Å². The number of aromatic nitrogens is 2. The summed E-state index contributed by atoms with van der Waals surface area (Å²) in [6.07, 6.45) is 6.04. The summed E-state index contributed by atoms with van der Waals surface area (Å²) in [4.78, 5) is 25.1. The third-order valence-corrected chi connectivity index (χ3v) is 5.73. The van der Waals surface area contributed by atoms with E-state index in [0.29, 0.717) is 25.4 Å². The van der Waals surface area contributed by atoms with Crippen molar-refractivity contribution < 1.29 is 4.79 Å². The normalized spacial score (nSPS) is 25.0. The quantitative estimate of drug-likeness (QED) is 0.887. The highest BCUT2D eigenvalue weighted by Gasteiger charge is 2.57. The molecular weight excluding hydrogens is 302 g/mol. The fourth-order valence-corrected chi connectivity index (χ4v) is 4.43. The van der Waals surface area contributed by atoms with Crippen molar-refractivity contribution in [3.05, 3.63) is 34.7 Å². The molecule has 0 spiro atoms. The lowest BCUT2D eigenvalue weighted by atomic mass is 10.2. The van der Waals surface area contributed by atoms with E-state index in [4.69, 9.17) is 0 Å². The van der Waals surface area contributed by atoms with Gasteiger partial charge in [0.05, 0.1) is 11.0 Å². The second kappa shape index (κ2) is 5.80. The number of benzene rings is 1. The van der Waals surface area contributed by atoms with Crippen LogP contribution in [0.4, 0.5) is 0 Å². The van der Waals surface area contributed by atoms with Gasteiger partial charge in [-0.1, -0.05) is 25.5 Å². The number of carbonyl (C=O) groups excluding carboxylic acids is 1. The van der Waals surface area contributed by atoms with Gasteiger partial charge < -0.3 is 5.32 Å². The first-order valence-corrected chi connectivity index (χ1v) is 9.14. The molecule has 1 aromatic carbocycles. The smallest absolute Gasteiger partial charge is 0.329 e. The molecule has 0 aliphatic heterocycles. The molecule has 1 amide bonds. The lowest BCUT2D eigenvalue weighted by molar-refractivity contribution is -0.122. The van der Waals surface area contributed by atoms with Crippen molar-refractivity contribution in [1.82, 2.24) is 14.5 Å². The summed E-state index contributed by atoms with van der Waals surface area (Å²) < 4.78 is 3.57. The lowest BCUT2D eigenvalue weighted by Crippen LogP contribution is -2.37. The Hall–Kier alpha value is -2.04. The first-order chi connectivity index (χ1) is 11.6. The minimum Gasteiger partial charge on any atom is -0.350 e. The molecule has 5 heteroatoms. The summed E-state index contributed by atoms with van der Waals surface area (Å²) in [7, 11) is 0. The minimum absolute atomic E-state index is 0.00539. The number of aryl methyl sites for hydroxylation is 2. The summed E-state index contributed by atoms with van der Waals surface area (Å²) in [6.45, 7) is 3.23. The summed E-state index contributed by atoms with van der Waals surface area (Å²) in [5, 5.41) is 3.24. The van der Waals surface area contributed by atoms with Gasteiger partial charge >= 0.3 is 5.69 Å². The number of hydrogen-bond donors (Lipinski definition) is 1. The van der Waals surface area contributed by atoms with Gasteiger partial charge in [-0.2, -0.15) is 0 Å². The van der Waals surface area contributed by atoms with Crippen LogP contribution < -0.4 is 11.0 Å². The van der Waals surface area contributed by atoms with Crippen LogP contribution in [0, 0.1) is 5.92 Å². The topological polar surface area (TPSA) is 56.0 Å². The maximum Gasteiger partial charge on any atom is 0.329 e. The zero-order chi connectivity index (χ0) is 16.7. The Morgan fingerprint density at radius 3 is 2.54 bits per heavy atom. The van der Waals surface area contributed by atoms with E-state index in [0.717, 1.165) is 30.3 Å². The van der Waals surface area contributed by atoms with Crippen LogP contribution in [-0.2, 0) is 17.9 Å². The van der Waals surface area contributed by atoms with Crippen LogP contribution in [0.1, 0.15) is 45.4 Å². The summed E-state index contributed by atoms with van der Waals surface area (Å²) in [5.74, 6) is 0.786. The molecular formula is C19H25N3O2. The van der Waals surface area contributed by atoms with Crippen LogP contribution in [0.25, 0.3) is 11.0 Å². The van der Waals surface area contributed by atoms with Gasteiger partial charge in [-0.25, -0.2) is 4.79 Å². The predicted octanol–water partition coefficient (Wildman–Crippen LogP) is 2.66. The minimum atomic E-state index is -0.00539. The zero-order valence-corrected chi connectivity index (χ0v) is 14.3. The first kappa shape index (κ1) is 15.5. The largest absolute Gasteiger partial charge is 0.350 e. The number of carbonyl (C=O) groups is 1. The number of imidazole rings is 1. The van der Waals surface area contributed by atoms with E-state index in [9.17, 15) is 9.59 Å². The molecule has 2 aromatic rings. The monoisotopic (exact) mass is 327 g/mol. The Bertz CT molecular complexity index is 835. The molecule has 1 N–H and O–H groups in total. The Morgan fingerprint density at radius 2 is 1.96 bits per heavy atom. The average molecular weight is 327 g/mol. The molecule has 2 fully saturated rings. The molecule has 2 atom stereocenters. The Morgan fingerprint density at radius 1 is 1.25 bits per heavy atom. The molecule has 24 heavy (non-hydrogen) atoms. The number of para-hydroxylation sites is 2. The molecule has 2 aliphatic carbocycles. The molecule has 0 radical (unpaired) electrons. The number of hydrogen-bond acceptors (Lipinski definition) is 2. The number of nitrogens with one attached hydrogen (secondary N) is 1. The van der Waals surface area contributed by atoms with Crippen molar-refractivity contribution in [3.8, 4) is 0 Å². The van der Waals surface area contributed by atoms with Crippen molar-refractivity contribution in [2.24, 2.45) is 5.92 Å². The van der Waals surface area contributed by atoms with Gasteiger partial charge in [0.15, 0.2) is 0 Å². The molecule has 0 saturated heterocycles. The second-order valence-corrected chi connectivity index (χ2v) is 7.32. The van der Waals surface area contributed by atoms with Gasteiger partial charge in [-0.3, -0.25) is 13.9 Å². The Kier molecular flexibility index (Phi) is 3.74. The Labute approximate surface area is 141 Å². The van der Waals surface area contributed by atoms with Crippen LogP contribution >= 0.6 is 0 Å². The molecule has 128 valence electrons. The van der Waals surface area contributed by atoms with Crippen molar-refractivity contribution in [2.45, 2.75) is 64.1 Å². The van der Waals surface area contributed by atoms with Crippen LogP contribution in [0.3, 0.4) is 0 Å². The lowest BCUT2D eigenvalue weighted by Gasteiger charge is -2.14. The highest BCUT2D eigenvalue weighted by atomic mass is 16.2. The van der Waals surface area contributed by atoms with Crippen molar-refractivity contribution in [3.63, 3.8) is 0 Å². The maximum atomic E-state index is 12.7. The summed E-state index contributed by atoms with van der Waals surface area (Å²) in [6, 6.07) is 7.85. The molecule has 0 bridgehead atoms. The van der Waals surface area contributed by atoms with Gasteiger partial charge in [-0.05, 0) is 43.7 Å². The first-order valence-electron chi connectivity index (χ1n) is 9.14. The molecule has 2 saturated carbocycles. The van der Waals surface area contributed by atoms with Gasteiger partial charge in [0.2, 0.25) is 5.91 Å². The van der Waals surface area contributed by atoms with Crippen molar-refractivity contribution in [1.29, 1.82) is 0 Å². The van der Waals surface area contributed by atoms with E-state index in [2.05, 4.69) is 12.2 Å². The average Bonchev–Trinajstić information content (AvgIpc) is 2.98. The molecule has 1 aromatic heterocycles. The highest BCUT2D eigenvalue weighted by Crippen LogP contribution is 2.55. The molecule has 1 heterocycles. The fraction of sp³-hybridized carbons (Fsp3) is 0.579. The van der Waals surface area contributed by atoms with E-state index in [1.54, 1.807) is 4.57 Å². The van der Waals surface area contributed by atoms with Crippen LogP contribution in [0.15, 0.2) is 29.1 Å². The van der Waals surface area contributed by atoms with E-state index in [-0.39, 0.29) is 17.1 Å². The molecule has 4 rings (SSSR count). The second-order valence-electron chi connectivity index (χ2n) is 7.32. The molecule has 0 unspecified atom stereocenters. The summed E-state index contributed by atoms with van der Waals surface area (Å²) >= 11 is 0. The third kappa shape index (κ3) is 2.46. The van der Waals surface area contributed by atoms with Crippen LogP contribution in [0.2, 0.25) is 0 Å². The zero-order valence-electron chi connectivity index (χ0n) is 14.3. The molecule has 2 aliphatic rings. The third-order valence-electron chi connectivity index (χ3n) is 5.73. The number of nitrogens with zero attached hydrogens (tertiary/aromatic N) is 2. The van der Waals surface area contributed by atoms with Crippen LogP contribution in [-0.4, -0.2) is 20.6 Å². The summed E-state index contributed by atoms with van der Waals surface area (Å²) in [5.41, 5.74) is 1.99. The SMILES string of the molecule is CCCn1c(=O)n(CCC(=O)N[C@@]23CCC[C@@H]2C3)c2ccccc21. The molecule has 5 nitrogen and oxygen atoms in total. The standard InChI is InChI=1S/C19H25N3O2/c1-2-11-21-15-7-3-4-8-16(15)22(18(21)24)12-9-17(23)20-19-10-5-6-14(19)13-19/h3-4,7-8,14H,2,5-6,9-13H2,1H3,(H,20,23)/t14-,19-/m1/s1. The van der Waals surface area contributed by atoms with Gasteiger partial charge in [0.25, 0.3) is 0 Å². The number of rotatable bonds is 6. The van der Waals surface area contributed by atoms with Crippen molar-refractivity contribution >= 4 is 16.9 Å². The van der Waals surface area contributed by atoms with E-state index in [1.165, 1.54) is 12.8 Å². The van der Waals surface area contributed by atoms with Crippen LogP contribution in [0.5, 0.6) is 0 Å². The van der Waals surface area contributed by atoms with E-state index in [1.807, 2.05) is 28.8 Å². The highest BCUT2D eigenvalue weighted by molar-refractivity contribution is 5.79.